The largest absolute Gasteiger partial charge is 0.339 e. The number of nitrogens with one attached hydrogen (secondary N) is 1. The van der Waals surface area contributed by atoms with Gasteiger partial charge in [-0.05, 0) is 36.8 Å². The Morgan fingerprint density at radius 3 is 2.52 bits per heavy atom. The van der Waals surface area contributed by atoms with E-state index >= 15 is 0 Å². The monoisotopic (exact) mass is 296 g/mol. The Hall–Kier alpha value is -2.33. The van der Waals surface area contributed by atoms with Gasteiger partial charge in [0.1, 0.15) is 16.3 Å². The number of aryl methyl sites for hydroxylation is 1. The molecule has 0 radical (unpaired) electrons. The topological polar surface area (TPSA) is 28.7 Å². The van der Waals surface area contributed by atoms with Gasteiger partial charge in [0.25, 0.3) is 0 Å². The molecule has 0 spiro atoms. The van der Waals surface area contributed by atoms with Crippen LogP contribution in [-0.4, -0.2) is 9.97 Å². The Morgan fingerprint density at radius 1 is 1.05 bits per heavy atom. The van der Waals surface area contributed by atoms with Gasteiger partial charge in [-0.1, -0.05) is 42.5 Å². The van der Waals surface area contributed by atoms with Crippen molar-refractivity contribution in [2.24, 2.45) is 0 Å². The van der Waals surface area contributed by atoms with E-state index in [1.165, 1.54) is 12.1 Å². The Morgan fingerprint density at radius 2 is 1.81 bits per heavy atom. The number of halogens is 1. The standard InChI is InChI=1S/C17H13FN2S/c1-11-9-13(18)7-8-14(11)15-10-16(21)20-17(19-15)12-5-3-2-4-6-12/h2-10H,1H3,(H,19,20,21). The first-order valence-electron chi connectivity index (χ1n) is 6.57. The van der Waals surface area contributed by atoms with Gasteiger partial charge in [-0.3, -0.25) is 0 Å². The first-order valence-corrected chi connectivity index (χ1v) is 6.97. The molecule has 0 aliphatic carbocycles. The predicted molar refractivity (Wildman–Crippen MR) is 85.0 cm³/mol. The maximum Gasteiger partial charge on any atom is 0.139 e. The maximum atomic E-state index is 13.2. The second kappa shape index (κ2) is 5.58. The highest BCUT2D eigenvalue weighted by Crippen LogP contribution is 2.24. The average Bonchev–Trinajstić information content (AvgIpc) is 2.47. The Balaban J connectivity index is 2.16. The summed E-state index contributed by atoms with van der Waals surface area (Å²) in [5.41, 5.74) is 3.57. The summed E-state index contributed by atoms with van der Waals surface area (Å²) in [5.74, 6) is 0.467. The molecule has 3 aromatic rings. The van der Waals surface area contributed by atoms with Gasteiger partial charge >= 0.3 is 0 Å². The van der Waals surface area contributed by atoms with E-state index in [1.807, 2.05) is 37.3 Å². The first-order chi connectivity index (χ1) is 10.1. The van der Waals surface area contributed by atoms with Crippen LogP contribution in [0.4, 0.5) is 4.39 Å². The van der Waals surface area contributed by atoms with Crippen molar-refractivity contribution < 1.29 is 4.39 Å². The Labute approximate surface area is 127 Å². The van der Waals surface area contributed by atoms with Crippen LogP contribution in [0.5, 0.6) is 0 Å². The maximum absolute atomic E-state index is 13.2. The van der Waals surface area contributed by atoms with Crippen molar-refractivity contribution in [3.63, 3.8) is 0 Å². The van der Waals surface area contributed by atoms with Gasteiger partial charge in [-0.15, -0.1) is 0 Å². The second-order valence-corrected chi connectivity index (χ2v) is 5.23. The lowest BCUT2D eigenvalue weighted by Crippen LogP contribution is -1.94. The number of nitrogens with zero attached hydrogens (tertiary/aromatic N) is 1. The quantitative estimate of drug-likeness (QED) is 0.680. The van der Waals surface area contributed by atoms with E-state index in [2.05, 4.69) is 9.97 Å². The number of aromatic nitrogens is 2. The zero-order valence-corrected chi connectivity index (χ0v) is 12.2. The summed E-state index contributed by atoms with van der Waals surface area (Å²) >= 11 is 5.25. The molecule has 0 atom stereocenters. The fourth-order valence-corrected chi connectivity index (χ4v) is 2.47. The van der Waals surface area contributed by atoms with Crippen LogP contribution in [0.1, 0.15) is 5.56 Å². The van der Waals surface area contributed by atoms with E-state index in [0.717, 1.165) is 22.4 Å². The van der Waals surface area contributed by atoms with Crippen molar-refractivity contribution in [2.75, 3.05) is 0 Å². The zero-order chi connectivity index (χ0) is 14.8. The molecule has 1 aromatic heterocycles. The third-order valence-corrected chi connectivity index (χ3v) is 3.48. The molecule has 4 heteroatoms. The number of hydrogen-bond acceptors (Lipinski definition) is 2. The SMILES string of the molecule is Cc1cc(F)ccc1-c1cc(=S)nc(-c2ccccc2)[nH]1. The van der Waals surface area contributed by atoms with Crippen LogP contribution in [0.25, 0.3) is 22.6 Å². The summed E-state index contributed by atoms with van der Waals surface area (Å²) in [6.45, 7) is 1.87. The molecule has 0 bridgehead atoms. The lowest BCUT2D eigenvalue weighted by atomic mass is 10.1. The lowest BCUT2D eigenvalue weighted by molar-refractivity contribution is 0.627. The van der Waals surface area contributed by atoms with Crippen LogP contribution < -0.4 is 0 Å². The fraction of sp³-hybridized carbons (Fsp3) is 0.0588. The third-order valence-electron chi connectivity index (χ3n) is 3.27. The molecule has 2 aromatic carbocycles. The molecule has 0 saturated carbocycles. The zero-order valence-electron chi connectivity index (χ0n) is 11.4. The lowest BCUT2D eigenvalue weighted by Gasteiger charge is -2.09. The highest BCUT2D eigenvalue weighted by atomic mass is 32.1. The van der Waals surface area contributed by atoms with Crippen molar-refractivity contribution in [2.45, 2.75) is 6.92 Å². The van der Waals surface area contributed by atoms with Gasteiger partial charge < -0.3 is 4.98 Å². The molecule has 0 aliphatic rings. The number of benzene rings is 2. The minimum absolute atomic E-state index is 0.243. The number of aromatic amines is 1. The predicted octanol–water partition coefficient (Wildman–Crippen LogP) is 4.92. The van der Waals surface area contributed by atoms with Crippen LogP contribution in [0.2, 0.25) is 0 Å². The minimum Gasteiger partial charge on any atom is -0.339 e. The Bertz CT molecular complexity index is 841. The molecule has 0 saturated heterocycles. The van der Waals surface area contributed by atoms with Crippen LogP contribution >= 0.6 is 12.2 Å². The third kappa shape index (κ3) is 2.90. The highest BCUT2D eigenvalue weighted by Gasteiger charge is 2.07. The highest BCUT2D eigenvalue weighted by molar-refractivity contribution is 7.71. The van der Waals surface area contributed by atoms with Gasteiger partial charge in [-0.2, -0.15) is 0 Å². The summed E-state index contributed by atoms with van der Waals surface area (Å²) in [6.07, 6.45) is 0. The van der Waals surface area contributed by atoms with Gasteiger partial charge in [0.2, 0.25) is 0 Å². The molecule has 21 heavy (non-hydrogen) atoms. The van der Waals surface area contributed by atoms with Crippen LogP contribution in [0, 0.1) is 17.4 Å². The molecule has 1 heterocycles. The van der Waals surface area contributed by atoms with Gasteiger partial charge in [0, 0.05) is 11.1 Å². The second-order valence-electron chi connectivity index (χ2n) is 4.81. The first kappa shape index (κ1) is 13.6. The smallest absolute Gasteiger partial charge is 0.139 e. The van der Waals surface area contributed by atoms with Crippen molar-refractivity contribution >= 4 is 12.2 Å². The van der Waals surface area contributed by atoms with Gasteiger partial charge in [0.15, 0.2) is 0 Å². The summed E-state index contributed by atoms with van der Waals surface area (Å²) in [6, 6.07) is 16.3. The van der Waals surface area contributed by atoms with E-state index in [4.69, 9.17) is 12.2 Å². The number of hydrogen-bond donors (Lipinski definition) is 1. The number of H-pyrrole nitrogens is 1. The van der Waals surface area contributed by atoms with Crippen molar-refractivity contribution in [3.8, 4) is 22.6 Å². The summed E-state index contributed by atoms with van der Waals surface area (Å²) in [4.78, 5) is 7.64. The minimum atomic E-state index is -0.243. The summed E-state index contributed by atoms with van der Waals surface area (Å²) in [5, 5.41) is 0. The van der Waals surface area contributed by atoms with E-state index < -0.39 is 0 Å². The molecular formula is C17H13FN2S. The van der Waals surface area contributed by atoms with E-state index in [0.29, 0.717) is 10.5 Å². The summed E-state index contributed by atoms with van der Waals surface area (Å²) < 4.78 is 13.7. The average molecular weight is 296 g/mol. The van der Waals surface area contributed by atoms with Crippen molar-refractivity contribution in [1.29, 1.82) is 0 Å². The van der Waals surface area contributed by atoms with Crippen LogP contribution in [0.15, 0.2) is 54.6 Å². The normalized spacial score (nSPS) is 10.6. The molecule has 0 aliphatic heterocycles. The number of rotatable bonds is 2. The molecule has 3 rings (SSSR count). The van der Waals surface area contributed by atoms with E-state index in [9.17, 15) is 4.39 Å². The molecule has 1 N–H and O–H groups in total. The Kier molecular flexibility index (Phi) is 3.62. The molecule has 0 unspecified atom stereocenters. The fourth-order valence-electron chi connectivity index (χ4n) is 2.26. The van der Waals surface area contributed by atoms with Crippen LogP contribution in [-0.2, 0) is 0 Å². The van der Waals surface area contributed by atoms with E-state index in [1.54, 1.807) is 12.1 Å². The molecule has 0 fully saturated rings. The molecule has 2 nitrogen and oxygen atoms in total. The van der Waals surface area contributed by atoms with E-state index in [-0.39, 0.29) is 5.82 Å². The molecule has 104 valence electrons. The van der Waals surface area contributed by atoms with Crippen molar-refractivity contribution in [1.82, 2.24) is 9.97 Å². The van der Waals surface area contributed by atoms with Gasteiger partial charge in [-0.25, -0.2) is 9.37 Å². The van der Waals surface area contributed by atoms with Crippen LogP contribution in [0.3, 0.4) is 0 Å². The summed E-state index contributed by atoms with van der Waals surface area (Å²) in [7, 11) is 0. The molecule has 0 amide bonds. The van der Waals surface area contributed by atoms with Gasteiger partial charge in [0.05, 0.1) is 5.69 Å². The molecular weight excluding hydrogens is 283 g/mol. The van der Waals surface area contributed by atoms with Crippen molar-refractivity contribution in [3.05, 3.63) is 70.6 Å².